The van der Waals surface area contributed by atoms with Gasteiger partial charge in [-0.15, -0.1) is 0 Å². The fraction of sp³-hybridized carbons (Fsp3) is 0.364. The van der Waals surface area contributed by atoms with Crippen LogP contribution < -0.4 is 5.38 Å². The Morgan fingerprint density at radius 1 is 1.33 bits per heavy atom. The second-order valence-corrected chi connectivity index (χ2v) is 10.2. The van der Waals surface area contributed by atoms with E-state index < -0.39 is 8.07 Å². The highest BCUT2D eigenvalue weighted by atomic mass is 35.5. The number of aryl methyl sites for hydroxylation is 1. The Balaban J connectivity index is 2.72. The van der Waals surface area contributed by atoms with E-state index in [1.807, 2.05) is 13.0 Å². The van der Waals surface area contributed by atoms with E-state index in [2.05, 4.69) is 24.6 Å². The molecule has 0 aliphatic heterocycles. The maximum absolute atomic E-state index is 6.17. The molecular weight excluding hydrogens is 226 g/mol. The molecule has 0 amide bonds. The Labute approximate surface area is 95.3 Å². The zero-order chi connectivity index (χ0) is 11.2. The van der Waals surface area contributed by atoms with Crippen LogP contribution >= 0.6 is 11.6 Å². The molecule has 0 unspecified atom stereocenters. The summed E-state index contributed by atoms with van der Waals surface area (Å²) in [6, 6.07) is 2.02. The smallest absolute Gasteiger partial charge is 0.170 e. The minimum Gasteiger partial charge on any atom is -0.463 e. The first kappa shape index (κ1) is 10.7. The third-order valence-electron chi connectivity index (χ3n) is 2.39. The number of aromatic nitrogens is 1. The van der Waals surface area contributed by atoms with Crippen molar-refractivity contribution in [2.24, 2.45) is 0 Å². The van der Waals surface area contributed by atoms with Crippen molar-refractivity contribution in [1.29, 1.82) is 0 Å². The third kappa shape index (κ3) is 1.81. The molecule has 80 valence electrons. The van der Waals surface area contributed by atoms with Crippen molar-refractivity contribution < 1.29 is 4.42 Å². The van der Waals surface area contributed by atoms with Crippen LogP contribution in [0.5, 0.6) is 0 Å². The summed E-state index contributed by atoms with van der Waals surface area (Å²) >= 11 is 6.17. The molecule has 0 radical (unpaired) electrons. The Bertz CT molecular complexity index is 513. The number of halogens is 1. The molecule has 2 aromatic rings. The lowest BCUT2D eigenvalue weighted by Crippen LogP contribution is -2.36. The van der Waals surface area contributed by atoms with Gasteiger partial charge in [0.2, 0.25) is 0 Å². The summed E-state index contributed by atoms with van der Waals surface area (Å²) in [5.74, 6) is 0. The van der Waals surface area contributed by atoms with Gasteiger partial charge < -0.3 is 4.42 Å². The van der Waals surface area contributed by atoms with Crippen molar-refractivity contribution in [3.05, 3.63) is 22.8 Å². The molecular formula is C11H14ClNOSi. The molecule has 4 heteroatoms. The maximum Gasteiger partial charge on any atom is 0.170 e. The van der Waals surface area contributed by atoms with E-state index >= 15 is 0 Å². The number of furan rings is 1. The number of fused-ring (bicyclic) bond motifs is 1. The van der Waals surface area contributed by atoms with Gasteiger partial charge >= 0.3 is 0 Å². The number of rotatable bonds is 1. The fourth-order valence-corrected chi connectivity index (χ4v) is 2.57. The van der Waals surface area contributed by atoms with Gasteiger partial charge in [-0.3, -0.25) is 4.98 Å². The topological polar surface area (TPSA) is 26.0 Å². The van der Waals surface area contributed by atoms with Crippen molar-refractivity contribution >= 4 is 36.2 Å². The summed E-state index contributed by atoms with van der Waals surface area (Å²) in [6.45, 7) is 8.66. The maximum atomic E-state index is 6.17. The van der Waals surface area contributed by atoms with E-state index in [-0.39, 0.29) is 0 Å². The highest BCUT2D eigenvalue weighted by Gasteiger charge is 2.22. The van der Waals surface area contributed by atoms with Gasteiger partial charge in [0.05, 0.1) is 10.4 Å². The van der Waals surface area contributed by atoms with Crippen LogP contribution in [-0.4, -0.2) is 13.1 Å². The summed E-state index contributed by atoms with van der Waals surface area (Å²) in [5, 5.41) is 1.74. The van der Waals surface area contributed by atoms with Crippen LogP contribution in [0, 0.1) is 6.92 Å². The van der Waals surface area contributed by atoms with E-state index in [1.165, 1.54) is 0 Å². The highest BCUT2D eigenvalue weighted by molar-refractivity contribution is 6.87. The first-order valence-corrected chi connectivity index (χ1v) is 8.82. The summed E-state index contributed by atoms with van der Waals surface area (Å²) in [7, 11) is -1.42. The van der Waals surface area contributed by atoms with Crippen molar-refractivity contribution in [3.8, 4) is 0 Å². The zero-order valence-corrected chi connectivity index (χ0v) is 11.1. The average molecular weight is 240 g/mol. The number of pyridine rings is 1. The Morgan fingerprint density at radius 3 is 2.60 bits per heavy atom. The van der Waals surface area contributed by atoms with E-state index in [4.69, 9.17) is 16.0 Å². The second-order valence-electron chi connectivity index (χ2n) is 4.83. The summed E-state index contributed by atoms with van der Waals surface area (Å²) in [5.41, 5.74) is 2.55. The Morgan fingerprint density at radius 2 is 2.00 bits per heavy atom. The molecule has 0 N–H and O–H groups in total. The lowest BCUT2D eigenvalue weighted by Gasteiger charge is -2.10. The standard InChI is InChI=1S/C11H14ClNOSi/c1-7-6-13-8-5-9(15(2,3)4)14-11(8)10(7)12/h5-6H,1-4H3. The minimum atomic E-state index is -1.42. The van der Waals surface area contributed by atoms with Crippen LogP contribution in [0.1, 0.15) is 5.56 Å². The molecule has 0 atom stereocenters. The van der Waals surface area contributed by atoms with Gasteiger partial charge in [0.15, 0.2) is 5.58 Å². The zero-order valence-electron chi connectivity index (χ0n) is 9.39. The van der Waals surface area contributed by atoms with E-state index in [0.717, 1.165) is 22.0 Å². The summed E-state index contributed by atoms with van der Waals surface area (Å²) < 4.78 is 5.81. The van der Waals surface area contributed by atoms with Crippen molar-refractivity contribution in [3.63, 3.8) is 0 Å². The van der Waals surface area contributed by atoms with Gasteiger partial charge in [-0.05, 0) is 12.5 Å². The minimum absolute atomic E-state index is 0.685. The quantitative estimate of drug-likeness (QED) is 0.714. The van der Waals surface area contributed by atoms with Gasteiger partial charge in [-0.1, -0.05) is 31.2 Å². The Hall–Kier alpha value is -0.803. The lowest BCUT2D eigenvalue weighted by molar-refractivity contribution is 0.647. The van der Waals surface area contributed by atoms with E-state index in [0.29, 0.717) is 5.02 Å². The molecule has 2 aromatic heterocycles. The average Bonchev–Trinajstić information content (AvgIpc) is 2.55. The summed E-state index contributed by atoms with van der Waals surface area (Å²) in [6.07, 6.45) is 1.79. The van der Waals surface area contributed by atoms with Crippen LogP contribution in [0.4, 0.5) is 0 Å². The fourth-order valence-electron chi connectivity index (χ4n) is 1.41. The van der Waals surface area contributed by atoms with Gasteiger partial charge in [-0.25, -0.2) is 0 Å². The number of hydrogen-bond acceptors (Lipinski definition) is 2. The second kappa shape index (κ2) is 3.35. The van der Waals surface area contributed by atoms with Crippen molar-refractivity contribution in [1.82, 2.24) is 4.98 Å². The van der Waals surface area contributed by atoms with Crippen LogP contribution in [0.15, 0.2) is 16.7 Å². The van der Waals surface area contributed by atoms with E-state index in [1.54, 1.807) is 6.20 Å². The van der Waals surface area contributed by atoms with Crippen LogP contribution in [0.2, 0.25) is 24.7 Å². The largest absolute Gasteiger partial charge is 0.463 e. The molecule has 0 fully saturated rings. The van der Waals surface area contributed by atoms with Gasteiger partial charge in [-0.2, -0.15) is 0 Å². The Kier molecular flexibility index (Phi) is 2.39. The normalized spacial score (nSPS) is 12.3. The molecule has 2 heterocycles. The lowest BCUT2D eigenvalue weighted by atomic mass is 10.3. The molecule has 15 heavy (non-hydrogen) atoms. The van der Waals surface area contributed by atoms with Gasteiger partial charge in [0.1, 0.15) is 13.6 Å². The first-order chi connectivity index (χ1) is 6.89. The van der Waals surface area contributed by atoms with Gasteiger partial charge in [0, 0.05) is 12.3 Å². The predicted molar refractivity (Wildman–Crippen MR) is 66.7 cm³/mol. The predicted octanol–water partition coefficient (Wildman–Crippen LogP) is 3.33. The third-order valence-corrected chi connectivity index (χ3v) is 4.59. The molecule has 0 aromatic carbocycles. The van der Waals surface area contributed by atoms with Crippen molar-refractivity contribution in [2.45, 2.75) is 26.6 Å². The molecule has 0 saturated carbocycles. The molecule has 0 bridgehead atoms. The van der Waals surface area contributed by atoms with E-state index in [9.17, 15) is 0 Å². The molecule has 2 rings (SSSR count). The molecule has 0 aliphatic carbocycles. The first-order valence-electron chi connectivity index (χ1n) is 4.95. The molecule has 0 saturated heterocycles. The highest BCUT2D eigenvalue weighted by Crippen LogP contribution is 2.25. The molecule has 0 spiro atoms. The van der Waals surface area contributed by atoms with Crippen LogP contribution in [-0.2, 0) is 0 Å². The number of nitrogens with zero attached hydrogens (tertiary/aromatic N) is 1. The summed E-state index contributed by atoms with van der Waals surface area (Å²) in [4.78, 5) is 4.32. The van der Waals surface area contributed by atoms with Crippen LogP contribution in [0.3, 0.4) is 0 Å². The SMILES string of the molecule is Cc1cnc2cc([Si](C)(C)C)oc2c1Cl. The molecule has 0 aliphatic rings. The van der Waals surface area contributed by atoms with Crippen molar-refractivity contribution in [2.75, 3.05) is 0 Å². The molecule has 2 nitrogen and oxygen atoms in total. The van der Waals surface area contributed by atoms with Gasteiger partial charge in [0.25, 0.3) is 0 Å². The monoisotopic (exact) mass is 239 g/mol. The van der Waals surface area contributed by atoms with Crippen LogP contribution in [0.25, 0.3) is 11.1 Å². The number of hydrogen-bond donors (Lipinski definition) is 0.